The van der Waals surface area contributed by atoms with Crippen LogP contribution < -0.4 is 19.9 Å². The quantitative estimate of drug-likeness (QED) is 0.457. The van der Waals surface area contributed by atoms with Gasteiger partial charge in [0.25, 0.3) is 11.8 Å². The maximum atomic E-state index is 14.2. The van der Waals surface area contributed by atoms with Gasteiger partial charge in [-0.15, -0.1) is 0 Å². The average Bonchev–Trinajstić information content (AvgIpc) is 3.31. The third kappa shape index (κ3) is 4.98. The molecule has 9 nitrogen and oxygen atoms in total. The number of nitrogens with one attached hydrogen (secondary N) is 1. The standard InChI is InChI=1S/C32H39N5O4/c1-18(2)41-27-14-13-26(21(5)22(27)6)37-30-24(29(34-37)31(39)33-7)15-16-35(32(30)40)25-12-11-23(17-19(25)3)36-20(4)9-8-10-28(36)38/h11-14,17-18,20H,8-10,15-16H2,1-7H3,(H,33,39). The number of aromatic nitrogens is 2. The van der Waals surface area contributed by atoms with Crippen LogP contribution in [-0.2, 0) is 11.2 Å². The van der Waals surface area contributed by atoms with Crippen LogP contribution in [0.3, 0.4) is 0 Å². The molecule has 3 heterocycles. The largest absolute Gasteiger partial charge is 0.491 e. The lowest BCUT2D eigenvalue weighted by Gasteiger charge is -2.34. The van der Waals surface area contributed by atoms with Crippen LogP contribution in [0.5, 0.6) is 5.75 Å². The van der Waals surface area contributed by atoms with Gasteiger partial charge in [-0.1, -0.05) is 0 Å². The van der Waals surface area contributed by atoms with Gasteiger partial charge < -0.3 is 19.9 Å². The summed E-state index contributed by atoms with van der Waals surface area (Å²) in [7, 11) is 1.57. The van der Waals surface area contributed by atoms with Gasteiger partial charge in [0, 0.05) is 43.0 Å². The molecule has 0 saturated carbocycles. The molecular weight excluding hydrogens is 518 g/mol. The van der Waals surface area contributed by atoms with Gasteiger partial charge >= 0.3 is 0 Å². The molecule has 0 aliphatic carbocycles. The van der Waals surface area contributed by atoms with Crippen LogP contribution in [0.4, 0.5) is 11.4 Å². The highest BCUT2D eigenvalue weighted by molar-refractivity contribution is 6.10. The first-order valence-electron chi connectivity index (χ1n) is 14.4. The zero-order valence-corrected chi connectivity index (χ0v) is 25.0. The molecule has 1 saturated heterocycles. The van der Waals surface area contributed by atoms with Crippen LogP contribution in [0.25, 0.3) is 5.69 Å². The fourth-order valence-electron chi connectivity index (χ4n) is 5.99. The second-order valence-electron chi connectivity index (χ2n) is 11.3. The van der Waals surface area contributed by atoms with Crippen molar-refractivity contribution in [2.24, 2.45) is 0 Å². The van der Waals surface area contributed by atoms with Gasteiger partial charge in [-0.2, -0.15) is 5.10 Å². The monoisotopic (exact) mass is 557 g/mol. The Hall–Kier alpha value is -4.14. The molecule has 3 amide bonds. The zero-order chi connectivity index (χ0) is 29.6. The molecule has 3 aromatic rings. The van der Waals surface area contributed by atoms with E-state index in [0.29, 0.717) is 30.6 Å². The van der Waals surface area contributed by atoms with Crippen LogP contribution in [-0.4, -0.2) is 53.2 Å². The number of ether oxygens (including phenoxy) is 1. The van der Waals surface area contributed by atoms with E-state index in [9.17, 15) is 14.4 Å². The summed E-state index contributed by atoms with van der Waals surface area (Å²) in [6, 6.07) is 9.77. The average molecular weight is 558 g/mol. The Bertz CT molecular complexity index is 1540. The van der Waals surface area contributed by atoms with Gasteiger partial charge in [0.05, 0.1) is 11.8 Å². The van der Waals surface area contributed by atoms with Gasteiger partial charge in [-0.3, -0.25) is 14.4 Å². The number of rotatable bonds is 6. The highest BCUT2D eigenvalue weighted by Gasteiger charge is 2.36. The number of hydrogen-bond donors (Lipinski definition) is 1. The van der Waals surface area contributed by atoms with E-state index in [2.05, 4.69) is 12.2 Å². The number of aryl methyl sites for hydroxylation is 1. The van der Waals surface area contributed by atoms with Crippen LogP contribution in [0.1, 0.15) is 83.3 Å². The number of carbonyl (C=O) groups is 3. The van der Waals surface area contributed by atoms with Crippen LogP contribution in [0.15, 0.2) is 30.3 Å². The number of nitrogens with zero attached hydrogens (tertiary/aromatic N) is 4. The van der Waals surface area contributed by atoms with E-state index in [1.165, 1.54) is 0 Å². The second kappa shape index (κ2) is 11.0. The number of piperidine rings is 1. The van der Waals surface area contributed by atoms with E-state index in [0.717, 1.165) is 52.3 Å². The van der Waals surface area contributed by atoms with E-state index in [1.807, 2.05) is 69.9 Å². The molecule has 1 atom stereocenters. The third-order valence-corrected chi connectivity index (χ3v) is 8.23. The van der Waals surface area contributed by atoms with Crippen molar-refractivity contribution in [1.82, 2.24) is 15.1 Å². The van der Waals surface area contributed by atoms with Crippen molar-refractivity contribution >= 4 is 29.1 Å². The number of benzene rings is 2. The van der Waals surface area contributed by atoms with Crippen LogP contribution >= 0.6 is 0 Å². The Morgan fingerprint density at radius 3 is 2.44 bits per heavy atom. The predicted octanol–water partition coefficient (Wildman–Crippen LogP) is 5.05. The summed E-state index contributed by atoms with van der Waals surface area (Å²) >= 11 is 0. The number of hydrogen-bond acceptors (Lipinski definition) is 5. The molecule has 1 N–H and O–H groups in total. The summed E-state index contributed by atoms with van der Waals surface area (Å²) in [5.41, 5.74) is 6.44. The minimum atomic E-state index is -0.323. The molecule has 1 unspecified atom stereocenters. The summed E-state index contributed by atoms with van der Waals surface area (Å²) in [4.78, 5) is 43.4. The molecule has 2 aromatic carbocycles. The Kier molecular flexibility index (Phi) is 7.64. The zero-order valence-electron chi connectivity index (χ0n) is 25.0. The highest BCUT2D eigenvalue weighted by Crippen LogP contribution is 2.35. The number of carbonyl (C=O) groups excluding carboxylic acids is 3. The molecule has 0 radical (unpaired) electrons. The Morgan fingerprint density at radius 2 is 1.78 bits per heavy atom. The Morgan fingerprint density at radius 1 is 1.05 bits per heavy atom. The first-order chi connectivity index (χ1) is 19.5. The molecule has 216 valence electrons. The van der Waals surface area contributed by atoms with E-state index in [1.54, 1.807) is 16.6 Å². The van der Waals surface area contributed by atoms with Crippen molar-refractivity contribution in [1.29, 1.82) is 0 Å². The lowest BCUT2D eigenvalue weighted by molar-refractivity contribution is -0.120. The molecule has 2 aliphatic rings. The SMILES string of the molecule is CNC(=O)c1nn(-c2ccc(OC(C)C)c(C)c2C)c2c1CCN(c1ccc(N3C(=O)CCCC3C)cc1C)C2=O. The van der Waals surface area contributed by atoms with E-state index >= 15 is 0 Å². The van der Waals surface area contributed by atoms with Crippen molar-refractivity contribution in [3.8, 4) is 11.4 Å². The van der Waals surface area contributed by atoms with E-state index in [4.69, 9.17) is 9.84 Å². The second-order valence-corrected chi connectivity index (χ2v) is 11.3. The smallest absolute Gasteiger partial charge is 0.277 e. The van der Waals surface area contributed by atoms with E-state index < -0.39 is 0 Å². The molecule has 2 aliphatic heterocycles. The molecule has 0 spiro atoms. The first-order valence-corrected chi connectivity index (χ1v) is 14.4. The molecule has 1 aromatic heterocycles. The van der Waals surface area contributed by atoms with Gasteiger partial charge in [-0.25, -0.2) is 4.68 Å². The summed E-state index contributed by atoms with van der Waals surface area (Å²) in [6.45, 7) is 12.4. The van der Waals surface area contributed by atoms with Gasteiger partial charge in [-0.05, 0) is 108 Å². The molecular formula is C32H39N5O4. The van der Waals surface area contributed by atoms with Gasteiger partial charge in [0.1, 0.15) is 11.4 Å². The maximum Gasteiger partial charge on any atom is 0.277 e. The molecule has 0 bridgehead atoms. The molecule has 1 fully saturated rings. The number of fused-ring (bicyclic) bond motifs is 1. The summed E-state index contributed by atoms with van der Waals surface area (Å²) in [5.74, 6) is 0.373. The van der Waals surface area contributed by atoms with Crippen LogP contribution in [0.2, 0.25) is 0 Å². The van der Waals surface area contributed by atoms with Crippen molar-refractivity contribution < 1.29 is 19.1 Å². The number of amides is 3. The molecule has 5 rings (SSSR count). The fourth-order valence-corrected chi connectivity index (χ4v) is 5.99. The van der Waals surface area contributed by atoms with Crippen molar-refractivity contribution in [2.75, 3.05) is 23.4 Å². The summed E-state index contributed by atoms with van der Waals surface area (Å²) < 4.78 is 7.59. The Labute approximate surface area is 241 Å². The Balaban J connectivity index is 1.57. The molecule has 41 heavy (non-hydrogen) atoms. The summed E-state index contributed by atoms with van der Waals surface area (Å²) in [5, 5.41) is 7.36. The van der Waals surface area contributed by atoms with Crippen molar-refractivity contribution in [3.05, 3.63) is 64.0 Å². The highest BCUT2D eigenvalue weighted by atomic mass is 16.5. The van der Waals surface area contributed by atoms with Crippen molar-refractivity contribution in [3.63, 3.8) is 0 Å². The van der Waals surface area contributed by atoms with Crippen molar-refractivity contribution in [2.45, 2.75) is 79.4 Å². The minimum absolute atomic E-state index is 0.0253. The summed E-state index contributed by atoms with van der Waals surface area (Å²) in [6.07, 6.45) is 2.95. The number of anilines is 2. The maximum absolute atomic E-state index is 14.2. The lowest BCUT2D eigenvalue weighted by atomic mass is 9.99. The topological polar surface area (TPSA) is 96.8 Å². The lowest BCUT2D eigenvalue weighted by Crippen LogP contribution is -2.42. The predicted molar refractivity (Wildman–Crippen MR) is 160 cm³/mol. The van der Waals surface area contributed by atoms with Gasteiger partial charge in [0.15, 0.2) is 5.69 Å². The van der Waals surface area contributed by atoms with Crippen LogP contribution in [0, 0.1) is 20.8 Å². The normalized spacial score (nSPS) is 17.2. The minimum Gasteiger partial charge on any atom is -0.491 e. The molecule has 9 heteroatoms. The van der Waals surface area contributed by atoms with E-state index in [-0.39, 0.29) is 35.6 Å². The third-order valence-electron chi connectivity index (χ3n) is 8.23. The first kappa shape index (κ1) is 28.4. The van der Waals surface area contributed by atoms with Gasteiger partial charge in [0.2, 0.25) is 5.91 Å². The fraction of sp³-hybridized carbons (Fsp3) is 0.438.